The first-order valence-corrected chi connectivity index (χ1v) is 10.9. The van der Waals surface area contributed by atoms with E-state index in [4.69, 9.17) is 16.6 Å². The summed E-state index contributed by atoms with van der Waals surface area (Å²) >= 11 is 0.888. The van der Waals surface area contributed by atoms with Crippen LogP contribution in [0.3, 0.4) is 0 Å². The Balaban J connectivity index is 1.51. The number of hydrogen-bond acceptors (Lipinski definition) is 8. The summed E-state index contributed by atoms with van der Waals surface area (Å²) in [7, 11) is 2.10. The average molecular weight is 449 g/mol. The van der Waals surface area contributed by atoms with E-state index in [-0.39, 0.29) is 16.1 Å². The maximum Gasteiger partial charge on any atom is 0.257 e. The molecule has 0 radical (unpaired) electrons. The number of carbonyl (C=O) groups excluding carboxylic acids is 1. The minimum Gasteiger partial charge on any atom is -0.378 e. The zero-order chi connectivity index (χ0) is 22.7. The van der Waals surface area contributed by atoms with Gasteiger partial charge in [0, 0.05) is 55.1 Å². The molecule has 3 heterocycles. The molecule has 1 aliphatic heterocycles. The fourth-order valence-corrected chi connectivity index (χ4v) is 3.94. The first-order valence-electron chi connectivity index (χ1n) is 10.1. The van der Waals surface area contributed by atoms with Crippen molar-refractivity contribution in [2.75, 3.05) is 43.4 Å². The molecule has 0 spiro atoms. The van der Waals surface area contributed by atoms with E-state index >= 15 is 0 Å². The summed E-state index contributed by atoms with van der Waals surface area (Å²) in [6, 6.07) is 10.7. The Morgan fingerprint density at radius 3 is 2.56 bits per heavy atom. The van der Waals surface area contributed by atoms with Crippen molar-refractivity contribution >= 4 is 50.3 Å². The molecule has 0 aliphatic carbocycles. The summed E-state index contributed by atoms with van der Waals surface area (Å²) in [5, 5.41) is 20.0. The van der Waals surface area contributed by atoms with Crippen molar-refractivity contribution in [3.8, 4) is 0 Å². The number of nitrogens with two attached hydrogens (primary N) is 1. The highest BCUT2D eigenvalue weighted by molar-refractivity contribution is 8.26. The molecule has 1 aromatic carbocycles. The van der Waals surface area contributed by atoms with Gasteiger partial charge < -0.3 is 20.9 Å². The van der Waals surface area contributed by atoms with Crippen LogP contribution in [0.5, 0.6) is 0 Å². The summed E-state index contributed by atoms with van der Waals surface area (Å²) in [6.07, 6.45) is 3.33. The van der Waals surface area contributed by atoms with E-state index in [9.17, 15) is 4.79 Å². The van der Waals surface area contributed by atoms with Gasteiger partial charge in [0.2, 0.25) is 0 Å². The van der Waals surface area contributed by atoms with Crippen molar-refractivity contribution in [3.63, 3.8) is 0 Å². The summed E-state index contributed by atoms with van der Waals surface area (Å²) in [4.78, 5) is 26.1. The summed E-state index contributed by atoms with van der Waals surface area (Å²) < 4.78 is 0. The molecule has 32 heavy (non-hydrogen) atoms. The van der Waals surface area contributed by atoms with Crippen LogP contribution in [-0.4, -0.2) is 64.2 Å². The van der Waals surface area contributed by atoms with Gasteiger partial charge in [0.05, 0.1) is 0 Å². The van der Waals surface area contributed by atoms with Crippen molar-refractivity contribution in [3.05, 3.63) is 59.9 Å². The van der Waals surface area contributed by atoms with E-state index in [0.29, 0.717) is 16.9 Å². The number of likely N-dealkylation sites (N-methyl/N-ethyl adjacent to an activating group) is 1. The highest BCUT2D eigenvalue weighted by Gasteiger charge is 2.17. The molecule has 10 heteroatoms. The molecule has 0 bridgehead atoms. The SMILES string of the molecule is CN1CCN(c2cc(C(=O)Nc3cc4cc(C(=N)SC(=N)N)ccc4cn3)ccn2)CC1. The molecule has 9 nitrogen and oxygen atoms in total. The minimum atomic E-state index is -0.259. The summed E-state index contributed by atoms with van der Waals surface area (Å²) in [5.74, 6) is 0.956. The largest absolute Gasteiger partial charge is 0.378 e. The van der Waals surface area contributed by atoms with E-state index in [1.54, 1.807) is 36.7 Å². The topological polar surface area (TPSA) is 135 Å². The van der Waals surface area contributed by atoms with Crippen molar-refractivity contribution in [2.45, 2.75) is 0 Å². The first kappa shape index (κ1) is 21.7. The normalized spacial score (nSPS) is 14.3. The second-order valence-electron chi connectivity index (χ2n) is 7.57. The maximum absolute atomic E-state index is 12.9. The molecule has 2 aromatic heterocycles. The van der Waals surface area contributed by atoms with Gasteiger partial charge in [-0.1, -0.05) is 12.1 Å². The van der Waals surface area contributed by atoms with E-state index in [1.165, 1.54) is 0 Å². The monoisotopic (exact) mass is 448 g/mol. The lowest BCUT2D eigenvalue weighted by atomic mass is 10.1. The van der Waals surface area contributed by atoms with E-state index < -0.39 is 0 Å². The molecule has 0 saturated carbocycles. The molecular formula is C22H24N8OS. The molecule has 0 atom stereocenters. The van der Waals surface area contributed by atoms with E-state index in [2.05, 4.69) is 32.1 Å². The Hall–Kier alpha value is -3.50. The third-order valence-electron chi connectivity index (χ3n) is 5.27. The Morgan fingerprint density at radius 2 is 1.81 bits per heavy atom. The molecule has 164 valence electrons. The molecule has 3 aromatic rings. The van der Waals surface area contributed by atoms with Crippen LogP contribution in [0.15, 0.2) is 48.8 Å². The molecular weight excluding hydrogens is 424 g/mol. The lowest BCUT2D eigenvalue weighted by Crippen LogP contribution is -2.44. The zero-order valence-electron chi connectivity index (χ0n) is 17.6. The molecule has 1 amide bonds. The predicted octanol–water partition coefficient (Wildman–Crippen LogP) is 2.59. The maximum atomic E-state index is 12.9. The summed E-state index contributed by atoms with van der Waals surface area (Å²) in [6.45, 7) is 3.67. The van der Waals surface area contributed by atoms with Gasteiger partial charge in [-0.05, 0) is 48.5 Å². The van der Waals surface area contributed by atoms with Gasteiger partial charge >= 0.3 is 0 Å². The molecule has 4 rings (SSSR count). The first-order chi connectivity index (χ1) is 15.4. The van der Waals surface area contributed by atoms with Gasteiger partial charge in [0.15, 0.2) is 5.17 Å². The zero-order valence-corrected chi connectivity index (χ0v) is 18.4. The van der Waals surface area contributed by atoms with Crippen LogP contribution < -0.4 is 16.0 Å². The van der Waals surface area contributed by atoms with Gasteiger partial charge in [-0.2, -0.15) is 0 Å². The number of fused-ring (bicyclic) bond motifs is 1. The van der Waals surface area contributed by atoms with Crippen molar-refractivity contribution in [2.24, 2.45) is 5.73 Å². The predicted molar refractivity (Wildman–Crippen MR) is 130 cm³/mol. The number of anilines is 2. The number of nitrogens with zero attached hydrogens (tertiary/aromatic N) is 4. The fraction of sp³-hybridized carbons (Fsp3) is 0.227. The van der Waals surface area contributed by atoms with Crippen LogP contribution in [-0.2, 0) is 0 Å². The van der Waals surface area contributed by atoms with Crippen LogP contribution in [0.1, 0.15) is 15.9 Å². The number of pyridine rings is 2. The second-order valence-corrected chi connectivity index (χ2v) is 8.63. The van der Waals surface area contributed by atoms with Gasteiger partial charge in [-0.15, -0.1) is 0 Å². The van der Waals surface area contributed by atoms with Crippen LogP contribution >= 0.6 is 11.8 Å². The van der Waals surface area contributed by atoms with Gasteiger partial charge in [0.1, 0.15) is 16.7 Å². The lowest BCUT2D eigenvalue weighted by Gasteiger charge is -2.33. The molecule has 1 aliphatic rings. The molecule has 0 unspecified atom stereocenters. The number of amides is 1. The van der Waals surface area contributed by atoms with E-state index in [0.717, 1.165) is 54.5 Å². The van der Waals surface area contributed by atoms with Crippen LogP contribution in [0.4, 0.5) is 11.6 Å². The lowest BCUT2D eigenvalue weighted by molar-refractivity contribution is 0.102. The number of nitrogens with one attached hydrogen (secondary N) is 3. The van der Waals surface area contributed by atoms with Gasteiger partial charge in [-0.25, -0.2) is 9.97 Å². The number of aromatic nitrogens is 2. The number of thioether (sulfide) groups is 1. The van der Waals surface area contributed by atoms with E-state index in [1.807, 2.05) is 12.1 Å². The average Bonchev–Trinajstić information content (AvgIpc) is 2.78. The molecule has 5 N–H and O–H groups in total. The number of carbonyl (C=O) groups is 1. The third-order valence-corrected chi connectivity index (χ3v) is 5.93. The number of hydrogen-bond donors (Lipinski definition) is 4. The smallest absolute Gasteiger partial charge is 0.257 e. The van der Waals surface area contributed by atoms with Crippen molar-refractivity contribution in [1.82, 2.24) is 14.9 Å². The number of rotatable bonds is 4. The highest BCUT2D eigenvalue weighted by Crippen LogP contribution is 2.22. The minimum absolute atomic E-state index is 0.133. The van der Waals surface area contributed by atoms with Crippen LogP contribution in [0, 0.1) is 10.8 Å². The third kappa shape index (κ3) is 5.04. The van der Waals surface area contributed by atoms with Gasteiger partial charge in [-0.3, -0.25) is 15.6 Å². The summed E-state index contributed by atoms with van der Waals surface area (Å²) in [5.41, 5.74) is 6.54. The Kier molecular flexibility index (Phi) is 6.33. The quantitative estimate of drug-likeness (QED) is 0.356. The number of amidine groups is 1. The fourth-order valence-electron chi connectivity index (χ4n) is 3.48. The van der Waals surface area contributed by atoms with Crippen LogP contribution in [0.2, 0.25) is 0 Å². The highest BCUT2D eigenvalue weighted by atomic mass is 32.2. The second kappa shape index (κ2) is 9.33. The molecule has 1 fully saturated rings. The molecule has 1 saturated heterocycles. The standard InChI is InChI=1S/C22H24N8OS/c1-29-6-8-30(9-7-29)19-12-15(4-5-26-19)21(31)28-18-11-17-10-14(20(23)32-22(24)25)2-3-16(17)13-27-18/h2-5,10-13,23H,6-9H2,1H3,(H3,24,25)(H,27,28,31). The van der Waals surface area contributed by atoms with Crippen molar-refractivity contribution in [1.29, 1.82) is 10.8 Å². The Bertz CT molecular complexity index is 1190. The van der Waals surface area contributed by atoms with Gasteiger partial charge in [0.25, 0.3) is 5.91 Å². The van der Waals surface area contributed by atoms with Crippen molar-refractivity contribution < 1.29 is 4.79 Å². The Labute approximate surface area is 190 Å². The number of piperazine rings is 1. The van der Waals surface area contributed by atoms with Crippen LogP contribution in [0.25, 0.3) is 10.8 Å². The number of benzene rings is 1. The Morgan fingerprint density at radius 1 is 1.03 bits per heavy atom.